The third kappa shape index (κ3) is 3.11. The number of hydrogen-bond acceptors (Lipinski definition) is 6. The molecule has 3 aromatic heterocycles. The third-order valence-electron chi connectivity index (χ3n) is 3.50. The van der Waals surface area contributed by atoms with Crippen molar-refractivity contribution in [2.75, 3.05) is 7.05 Å². The van der Waals surface area contributed by atoms with E-state index < -0.39 is 0 Å². The first-order valence-electron chi connectivity index (χ1n) is 7.13. The summed E-state index contributed by atoms with van der Waals surface area (Å²) in [6.07, 6.45) is 4.78. The van der Waals surface area contributed by atoms with Gasteiger partial charge in [0, 0.05) is 24.2 Å². The van der Waals surface area contributed by atoms with Crippen LogP contribution in [0.4, 0.5) is 0 Å². The highest BCUT2D eigenvalue weighted by atomic mass is 32.1. The normalized spacial score (nSPS) is 12.9. The van der Waals surface area contributed by atoms with E-state index in [4.69, 9.17) is 4.52 Å². The summed E-state index contributed by atoms with van der Waals surface area (Å²) in [6, 6.07) is 4.44. The molecule has 0 saturated carbocycles. The highest BCUT2D eigenvalue weighted by Crippen LogP contribution is 2.24. The lowest BCUT2D eigenvalue weighted by Crippen LogP contribution is -2.27. The van der Waals surface area contributed by atoms with Gasteiger partial charge in [-0.05, 0) is 31.0 Å². The fourth-order valence-electron chi connectivity index (χ4n) is 2.33. The first-order chi connectivity index (χ1) is 10.3. The summed E-state index contributed by atoms with van der Waals surface area (Å²) in [6.45, 7) is 2.17. The van der Waals surface area contributed by atoms with Crippen molar-refractivity contribution < 1.29 is 4.52 Å². The molecule has 6 heteroatoms. The minimum absolute atomic E-state index is 0.376. The molecule has 0 spiro atoms. The second-order valence-corrected chi connectivity index (χ2v) is 5.97. The van der Waals surface area contributed by atoms with Crippen molar-refractivity contribution in [2.24, 2.45) is 0 Å². The maximum absolute atomic E-state index is 5.37. The van der Waals surface area contributed by atoms with Crippen LogP contribution in [0.15, 0.2) is 28.2 Å². The molecule has 21 heavy (non-hydrogen) atoms. The lowest BCUT2D eigenvalue weighted by atomic mass is 10.1. The maximum Gasteiger partial charge on any atom is 0.228 e. The topological polar surface area (TPSA) is 63.8 Å². The summed E-state index contributed by atoms with van der Waals surface area (Å²) >= 11 is 1.67. The Morgan fingerprint density at radius 2 is 2.33 bits per heavy atom. The molecular formula is C15H18N4OS. The minimum atomic E-state index is 0.376. The van der Waals surface area contributed by atoms with E-state index in [0.29, 0.717) is 17.8 Å². The molecule has 1 atom stereocenters. The maximum atomic E-state index is 5.37. The van der Waals surface area contributed by atoms with Gasteiger partial charge in [0.15, 0.2) is 0 Å². The molecule has 5 nitrogen and oxygen atoms in total. The van der Waals surface area contributed by atoms with Gasteiger partial charge in [0.2, 0.25) is 11.7 Å². The molecule has 0 aliphatic heterocycles. The van der Waals surface area contributed by atoms with Gasteiger partial charge in [-0.25, -0.2) is 0 Å². The first-order valence-corrected chi connectivity index (χ1v) is 8.01. The van der Waals surface area contributed by atoms with Crippen molar-refractivity contribution in [2.45, 2.75) is 32.2 Å². The third-order valence-corrected chi connectivity index (χ3v) is 4.35. The average molecular weight is 302 g/mol. The first kappa shape index (κ1) is 14.2. The molecule has 0 saturated heterocycles. The van der Waals surface area contributed by atoms with E-state index in [-0.39, 0.29) is 0 Å². The van der Waals surface area contributed by atoms with Crippen LogP contribution in [0, 0.1) is 0 Å². The van der Waals surface area contributed by atoms with Gasteiger partial charge in [-0.3, -0.25) is 4.98 Å². The fraction of sp³-hybridized carbons (Fsp3) is 0.400. The molecular weight excluding hydrogens is 284 g/mol. The van der Waals surface area contributed by atoms with Crippen LogP contribution in [-0.2, 0) is 6.42 Å². The van der Waals surface area contributed by atoms with Crippen LogP contribution < -0.4 is 5.32 Å². The molecule has 0 aromatic carbocycles. The van der Waals surface area contributed by atoms with Crippen molar-refractivity contribution in [3.63, 3.8) is 0 Å². The summed E-state index contributed by atoms with van der Waals surface area (Å²) in [5.41, 5.74) is 1.90. The van der Waals surface area contributed by atoms with Gasteiger partial charge in [0.05, 0.1) is 10.2 Å². The molecule has 0 fully saturated rings. The number of rotatable bonds is 6. The smallest absolute Gasteiger partial charge is 0.228 e. The molecule has 110 valence electrons. The number of likely N-dealkylation sites (N-methyl/N-ethyl adjacent to an activating group) is 1. The Morgan fingerprint density at radius 1 is 1.43 bits per heavy atom. The quantitative estimate of drug-likeness (QED) is 0.757. The Hall–Kier alpha value is -1.79. The van der Waals surface area contributed by atoms with Gasteiger partial charge in [-0.15, -0.1) is 11.3 Å². The minimum Gasteiger partial charge on any atom is -0.339 e. The summed E-state index contributed by atoms with van der Waals surface area (Å²) in [7, 11) is 1.96. The van der Waals surface area contributed by atoms with E-state index in [1.165, 1.54) is 0 Å². The van der Waals surface area contributed by atoms with Gasteiger partial charge >= 0.3 is 0 Å². The lowest BCUT2D eigenvalue weighted by Gasteiger charge is -2.11. The average Bonchev–Trinajstić information content (AvgIpc) is 3.14. The molecule has 0 radical (unpaired) electrons. The number of thiophene rings is 1. The van der Waals surface area contributed by atoms with E-state index in [0.717, 1.165) is 35.0 Å². The Labute approximate surface area is 127 Å². The number of pyridine rings is 1. The summed E-state index contributed by atoms with van der Waals surface area (Å²) in [4.78, 5) is 8.90. The molecule has 1 unspecified atom stereocenters. The number of aromatic nitrogens is 3. The van der Waals surface area contributed by atoms with E-state index >= 15 is 0 Å². The number of hydrogen-bond donors (Lipinski definition) is 1. The lowest BCUT2D eigenvalue weighted by molar-refractivity contribution is 0.356. The Bertz CT molecular complexity index is 721. The Kier molecular flexibility index (Phi) is 4.26. The van der Waals surface area contributed by atoms with Gasteiger partial charge in [0.25, 0.3) is 0 Å². The van der Waals surface area contributed by atoms with Crippen molar-refractivity contribution in [3.8, 4) is 11.4 Å². The second-order valence-electron chi connectivity index (χ2n) is 5.02. The highest BCUT2D eigenvalue weighted by Gasteiger charge is 2.14. The van der Waals surface area contributed by atoms with Crippen LogP contribution in [-0.4, -0.2) is 28.2 Å². The SMILES string of the molecule is CCCC(Cc1nc(-c2cnc3ccsc3c2)no1)NC. The molecule has 0 bridgehead atoms. The molecule has 3 heterocycles. The van der Waals surface area contributed by atoms with Crippen LogP contribution in [0.2, 0.25) is 0 Å². The van der Waals surface area contributed by atoms with Crippen LogP contribution in [0.5, 0.6) is 0 Å². The van der Waals surface area contributed by atoms with Crippen LogP contribution in [0.25, 0.3) is 21.6 Å². The van der Waals surface area contributed by atoms with Gasteiger partial charge < -0.3 is 9.84 Å². The number of fused-ring (bicyclic) bond motifs is 1. The van der Waals surface area contributed by atoms with Crippen LogP contribution in [0.1, 0.15) is 25.7 Å². The van der Waals surface area contributed by atoms with E-state index in [2.05, 4.69) is 33.4 Å². The second kappa shape index (κ2) is 6.32. The monoisotopic (exact) mass is 302 g/mol. The number of nitrogens with zero attached hydrogens (tertiary/aromatic N) is 3. The van der Waals surface area contributed by atoms with Gasteiger partial charge in [-0.1, -0.05) is 18.5 Å². The molecule has 3 aromatic rings. The fourth-order valence-corrected chi connectivity index (χ4v) is 3.11. The molecule has 0 aliphatic carbocycles. The summed E-state index contributed by atoms with van der Waals surface area (Å²) in [5, 5.41) is 9.39. The van der Waals surface area contributed by atoms with Gasteiger partial charge in [0.1, 0.15) is 0 Å². The van der Waals surface area contributed by atoms with Gasteiger partial charge in [-0.2, -0.15) is 4.98 Å². The van der Waals surface area contributed by atoms with Crippen molar-refractivity contribution in [1.82, 2.24) is 20.4 Å². The molecule has 1 N–H and O–H groups in total. The predicted octanol–water partition coefficient (Wildman–Crippen LogP) is 3.28. The van der Waals surface area contributed by atoms with E-state index in [1.54, 1.807) is 17.5 Å². The van der Waals surface area contributed by atoms with Crippen LogP contribution in [0.3, 0.4) is 0 Å². The summed E-state index contributed by atoms with van der Waals surface area (Å²) < 4.78 is 6.50. The zero-order chi connectivity index (χ0) is 14.7. The summed E-state index contributed by atoms with van der Waals surface area (Å²) in [5.74, 6) is 1.28. The molecule has 0 amide bonds. The largest absolute Gasteiger partial charge is 0.339 e. The van der Waals surface area contributed by atoms with E-state index in [9.17, 15) is 0 Å². The highest BCUT2D eigenvalue weighted by molar-refractivity contribution is 7.17. The van der Waals surface area contributed by atoms with Crippen LogP contribution >= 0.6 is 11.3 Å². The molecule has 0 aliphatic rings. The Morgan fingerprint density at radius 3 is 3.14 bits per heavy atom. The standard InChI is InChI=1S/C15H18N4OS/c1-3-4-11(16-2)8-14-18-15(19-20-14)10-7-13-12(17-9-10)5-6-21-13/h5-7,9,11,16H,3-4,8H2,1-2H3. The van der Waals surface area contributed by atoms with E-state index in [1.807, 2.05) is 18.5 Å². The Balaban J connectivity index is 1.80. The molecule has 3 rings (SSSR count). The number of nitrogens with one attached hydrogen (secondary N) is 1. The van der Waals surface area contributed by atoms with Crippen molar-refractivity contribution >= 4 is 21.6 Å². The predicted molar refractivity (Wildman–Crippen MR) is 84.4 cm³/mol. The van der Waals surface area contributed by atoms with Crippen molar-refractivity contribution in [3.05, 3.63) is 29.6 Å². The zero-order valence-corrected chi connectivity index (χ0v) is 13.0. The zero-order valence-electron chi connectivity index (χ0n) is 12.2. The van der Waals surface area contributed by atoms with Crippen molar-refractivity contribution in [1.29, 1.82) is 0 Å².